The molecule has 0 bridgehead atoms. The van der Waals surface area contributed by atoms with Crippen LogP contribution < -0.4 is 5.32 Å². The largest absolute Gasteiger partial charge is 0.481 e. The maximum Gasteiger partial charge on any atom is 0.333 e. The Kier molecular flexibility index (Phi) is 6.84. The molecule has 4 amide bonds. The highest BCUT2D eigenvalue weighted by atomic mass is 16.7. The normalized spacial score (nSPS) is 16.8. The smallest absolute Gasteiger partial charge is 0.333 e. The molecule has 0 radical (unpaired) electrons. The summed E-state index contributed by atoms with van der Waals surface area (Å²) in [5.41, 5.74) is 0. The first-order valence-electron chi connectivity index (χ1n) is 6.90. The Labute approximate surface area is 130 Å². The van der Waals surface area contributed by atoms with Crippen molar-refractivity contribution in [2.24, 2.45) is 0 Å². The summed E-state index contributed by atoms with van der Waals surface area (Å²) in [6, 6.07) is 0. The molecule has 2 heterocycles. The van der Waals surface area contributed by atoms with Crippen LogP contribution in [0.4, 0.5) is 0 Å². The van der Waals surface area contributed by atoms with Crippen LogP contribution in [0.2, 0.25) is 0 Å². The van der Waals surface area contributed by atoms with Gasteiger partial charge in [0.05, 0.1) is 0 Å². The molecule has 0 aliphatic carbocycles. The van der Waals surface area contributed by atoms with Crippen molar-refractivity contribution in [1.82, 2.24) is 10.4 Å². The lowest BCUT2D eigenvalue weighted by Gasteiger charge is -2.11. The van der Waals surface area contributed by atoms with Crippen LogP contribution >= 0.6 is 0 Å². The van der Waals surface area contributed by atoms with Crippen molar-refractivity contribution in [2.45, 2.75) is 44.9 Å². The van der Waals surface area contributed by atoms with Gasteiger partial charge in [-0.2, -0.15) is 0 Å². The lowest BCUT2D eigenvalue weighted by atomic mass is 10.2. The summed E-state index contributed by atoms with van der Waals surface area (Å²) in [4.78, 5) is 68.1. The van der Waals surface area contributed by atoms with Crippen molar-refractivity contribution >= 4 is 35.6 Å². The molecule has 0 atom stereocenters. The quantitative estimate of drug-likeness (QED) is 0.628. The minimum absolute atomic E-state index is 0.0429. The van der Waals surface area contributed by atoms with Crippen LogP contribution in [-0.2, 0) is 33.6 Å². The highest BCUT2D eigenvalue weighted by molar-refractivity contribution is 6.02. The zero-order valence-corrected chi connectivity index (χ0v) is 12.2. The fraction of sp³-hybridized carbons (Fsp3) is 0.538. The van der Waals surface area contributed by atoms with Gasteiger partial charge in [-0.05, 0) is 6.42 Å². The van der Waals surface area contributed by atoms with Gasteiger partial charge in [0.1, 0.15) is 0 Å². The highest BCUT2D eigenvalue weighted by Gasteiger charge is 2.32. The fourth-order valence-electron chi connectivity index (χ4n) is 1.70. The molecule has 0 spiro atoms. The number of carboxylic acids is 1. The van der Waals surface area contributed by atoms with Crippen LogP contribution in [0.5, 0.6) is 0 Å². The topological polar surface area (TPSA) is 147 Å². The lowest BCUT2D eigenvalue weighted by Crippen LogP contribution is -2.32. The number of rotatable bonds is 5. The molecule has 2 rings (SSSR count). The number of hydroxylamine groups is 2. The van der Waals surface area contributed by atoms with E-state index in [1.54, 1.807) is 0 Å². The first-order valence-corrected chi connectivity index (χ1v) is 6.90. The second-order valence-electron chi connectivity index (χ2n) is 4.76. The summed E-state index contributed by atoms with van der Waals surface area (Å²) in [5, 5.41) is 10.9. The van der Waals surface area contributed by atoms with E-state index in [0.717, 1.165) is 0 Å². The predicted octanol–water partition coefficient (Wildman–Crippen LogP) is -0.728. The molecular formula is C13H16N2O8. The average molecular weight is 328 g/mol. The molecular weight excluding hydrogens is 312 g/mol. The number of aliphatic carboxylic acids is 1. The number of hydrogen-bond donors (Lipinski definition) is 2. The van der Waals surface area contributed by atoms with E-state index in [9.17, 15) is 28.8 Å². The number of carbonyl (C=O) groups is 6. The summed E-state index contributed by atoms with van der Waals surface area (Å²) in [5.74, 6) is -3.17. The number of amides is 4. The maximum atomic E-state index is 11.1. The lowest BCUT2D eigenvalue weighted by molar-refractivity contribution is -0.197. The number of carboxylic acid groups (broad SMARTS) is 1. The van der Waals surface area contributed by atoms with E-state index in [4.69, 9.17) is 5.11 Å². The Morgan fingerprint density at radius 2 is 1.48 bits per heavy atom. The Balaban J connectivity index is 0.000000313. The third-order valence-electron chi connectivity index (χ3n) is 2.83. The predicted molar refractivity (Wildman–Crippen MR) is 71.0 cm³/mol. The Morgan fingerprint density at radius 1 is 0.957 bits per heavy atom. The van der Waals surface area contributed by atoms with E-state index in [-0.39, 0.29) is 43.9 Å². The zero-order chi connectivity index (χ0) is 17.4. The second-order valence-corrected chi connectivity index (χ2v) is 4.76. The molecule has 2 N–H and O–H groups in total. The third-order valence-corrected chi connectivity index (χ3v) is 2.83. The van der Waals surface area contributed by atoms with Crippen LogP contribution in [0, 0.1) is 0 Å². The molecule has 2 aliphatic heterocycles. The Morgan fingerprint density at radius 3 is 1.87 bits per heavy atom. The molecule has 2 fully saturated rings. The SMILES string of the molecule is O=C(O)CCCC(=O)ON1C(=O)CCC1=O.O=C1CCC(=O)N1. The van der Waals surface area contributed by atoms with Gasteiger partial charge in [0.25, 0.3) is 11.8 Å². The van der Waals surface area contributed by atoms with Crippen molar-refractivity contribution in [1.29, 1.82) is 0 Å². The second kappa shape index (κ2) is 8.61. The Hall–Kier alpha value is -2.78. The average Bonchev–Trinajstić information content (AvgIpc) is 2.98. The summed E-state index contributed by atoms with van der Waals surface area (Å²) >= 11 is 0. The standard InChI is InChI=1S/C9H11NO6.C4H5NO2/c11-6-4-5-7(12)10(6)16-9(15)3-1-2-8(13)14;6-3-1-2-4(7)5-3/h1-5H2,(H,13,14);1-2H2,(H,5,6,7). The summed E-state index contributed by atoms with van der Waals surface area (Å²) < 4.78 is 0. The number of hydrogen-bond acceptors (Lipinski definition) is 7. The summed E-state index contributed by atoms with van der Waals surface area (Å²) in [6.07, 6.45) is 0.658. The Bertz CT molecular complexity index is 512. The van der Waals surface area contributed by atoms with Crippen LogP contribution in [0.15, 0.2) is 0 Å². The molecule has 0 saturated carbocycles. The van der Waals surface area contributed by atoms with Gasteiger partial charge in [0.15, 0.2) is 0 Å². The van der Waals surface area contributed by atoms with Crippen LogP contribution in [0.25, 0.3) is 0 Å². The van der Waals surface area contributed by atoms with Crippen molar-refractivity contribution in [3.05, 3.63) is 0 Å². The van der Waals surface area contributed by atoms with Gasteiger partial charge < -0.3 is 9.94 Å². The molecule has 10 nitrogen and oxygen atoms in total. The van der Waals surface area contributed by atoms with Crippen molar-refractivity contribution in [3.8, 4) is 0 Å². The van der Waals surface area contributed by atoms with E-state index in [1.807, 2.05) is 0 Å². The first-order chi connectivity index (χ1) is 10.8. The number of nitrogens with zero attached hydrogens (tertiary/aromatic N) is 1. The molecule has 2 aliphatic rings. The molecule has 2 saturated heterocycles. The number of nitrogens with one attached hydrogen (secondary N) is 1. The van der Waals surface area contributed by atoms with Crippen molar-refractivity contribution in [3.63, 3.8) is 0 Å². The highest BCUT2D eigenvalue weighted by Crippen LogP contribution is 2.13. The van der Waals surface area contributed by atoms with E-state index in [1.165, 1.54) is 0 Å². The maximum absolute atomic E-state index is 11.1. The first kappa shape index (κ1) is 18.3. The van der Waals surface area contributed by atoms with Gasteiger partial charge in [-0.25, -0.2) is 4.79 Å². The molecule has 23 heavy (non-hydrogen) atoms. The zero-order valence-electron chi connectivity index (χ0n) is 12.2. The van der Waals surface area contributed by atoms with E-state index >= 15 is 0 Å². The van der Waals surface area contributed by atoms with Gasteiger partial charge in [0.2, 0.25) is 11.8 Å². The monoisotopic (exact) mass is 328 g/mol. The minimum atomic E-state index is -1.01. The third kappa shape index (κ3) is 6.68. The molecule has 0 aromatic heterocycles. The van der Waals surface area contributed by atoms with Crippen molar-refractivity contribution in [2.75, 3.05) is 0 Å². The van der Waals surface area contributed by atoms with Gasteiger partial charge in [-0.1, -0.05) is 0 Å². The van der Waals surface area contributed by atoms with E-state index in [2.05, 4.69) is 10.2 Å². The van der Waals surface area contributed by atoms with Gasteiger partial charge in [-0.3, -0.25) is 29.3 Å². The van der Waals surface area contributed by atoms with Crippen LogP contribution in [-0.4, -0.2) is 45.7 Å². The molecule has 126 valence electrons. The fourth-order valence-corrected chi connectivity index (χ4v) is 1.70. The van der Waals surface area contributed by atoms with E-state index in [0.29, 0.717) is 17.9 Å². The summed E-state index contributed by atoms with van der Waals surface area (Å²) in [6.45, 7) is 0. The van der Waals surface area contributed by atoms with Crippen molar-refractivity contribution < 1.29 is 38.7 Å². The molecule has 0 aromatic rings. The van der Waals surface area contributed by atoms with Crippen LogP contribution in [0.3, 0.4) is 0 Å². The van der Waals surface area contributed by atoms with Gasteiger partial charge >= 0.3 is 11.9 Å². The van der Waals surface area contributed by atoms with Gasteiger partial charge in [0, 0.05) is 38.5 Å². The molecule has 0 unspecified atom stereocenters. The molecule has 10 heteroatoms. The number of imide groups is 2. The van der Waals surface area contributed by atoms with E-state index < -0.39 is 23.8 Å². The number of carbonyl (C=O) groups excluding carboxylic acids is 5. The minimum Gasteiger partial charge on any atom is -0.481 e. The summed E-state index contributed by atoms with van der Waals surface area (Å²) in [7, 11) is 0. The van der Waals surface area contributed by atoms with Gasteiger partial charge in [-0.15, -0.1) is 5.06 Å². The molecule has 0 aromatic carbocycles. The van der Waals surface area contributed by atoms with Crippen LogP contribution in [0.1, 0.15) is 44.9 Å².